The molecule has 150 valence electrons. The van der Waals surface area contributed by atoms with E-state index in [1.165, 1.54) is 12.1 Å². The topological polar surface area (TPSA) is 121 Å². The molecule has 0 aliphatic carbocycles. The lowest BCUT2D eigenvalue weighted by Crippen LogP contribution is -2.32. The second kappa shape index (κ2) is 8.51. The van der Waals surface area contributed by atoms with Crippen molar-refractivity contribution in [2.24, 2.45) is 15.7 Å². The number of nitrogens with one attached hydrogen (secondary N) is 3. The van der Waals surface area contributed by atoms with Crippen molar-refractivity contribution in [3.8, 4) is 0 Å². The summed E-state index contributed by atoms with van der Waals surface area (Å²) in [7, 11) is 0. The summed E-state index contributed by atoms with van der Waals surface area (Å²) in [4.78, 5) is 32.3. The number of nitrogens with two attached hydrogens (primary N) is 1. The summed E-state index contributed by atoms with van der Waals surface area (Å²) in [6, 6.07) is 11.0. The van der Waals surface area contributed by atoms with Crippen LogP contribution in [0.2, 0.25) is 0 Å². The number of amides is 2. The van der Waals surface area contributed by atoms with Crippen LogP contribution in [-0.2, 0) is 9.59 Å². The molecule has 0 bridgehead atoms. The van der Waals surface area contributed by atoms with Gasteiger partial charge in [-0.25, -0.2) is 9.38 Å². The van der Waals surface area contributed by atoms with Crippen LogP contribution in [0.1, 0.15) is 17.5 Å². The Morgan fingerprint density at radius 2 is 1.97 bits per heavy atom. The highest BCUT2D eigenvalue weighted by atomic mass is 19.1. The molecule has 0 radical (unpaired) electrons. The molecule has 8 nitrogen and oxygen atoms in total. The highest BCUT2D eigenvalue weighted by molar-refractivity contribution is 6.11. The lowest BCUT2D eigenvalue weighted by atomic mass is 10.2. The molecule has 0 aromatic heterocycles. The molecule has 0 saturated heterocycles. The van der Waals surface area contributed by atoms with E-state index in [0.29, 0.717) is 0 Å². The molecule has 1 aliphatic heterocycles. The molecule has 2 amide bonds. The van der Waals surface area contributed by atoms with E-state index in [1.807, 2.05) is 31.2 Å². The zero-order valence-corrected chi connectivity index (χ0v) is 16.0. The zero-order valence-electron chi connectivity index (χ0n) is 16.0. The van der Waals surface area contributed by atoms with Gasteiger partial charge in [-0.2, -0.15) is 4.99 Å². The Balaban J connectivity index is 1.63. The first-order valence-corrected chi connectivity index (χ1v) is 8.93. The summed E-state index contributed by atoms with van der Waals surface area (Å²) >= 11 is 0. The lowest BCUT2D eigenvalue weighted by molar-refractivity contribution is -0.123. The van der Waals surface area contributed by atoms with Crippen LogP contribution < -0.4 is 21.7 Å². The van der Waals surface area contributed by atoms with Gasteiger partial charge in [-0.1, -0.05) is 24.3 Å². The van der Waals surface area contributed by atoms with Crippen molar-refractivity contribution in [1.82, 2.24) is 5.32 Å². The van der Waals surface area contributed by atoms with Crippen molar-refractivity contribution in [3.05, 3.63) is 59.4 Å². The number of para-hydroxylation sites is 1. The Hall–Kier alpha value is -3.75. The van der Waals surface area contributed by atoms with Crippen molar-refractivity contribution in [1.29, 1.82) is 0 Å². The van der Waals surface area contributed by atoms with Gasteiger partial charge < -0.3 is 16.4 Å². The number of aryl methyl sites for hydroxylation is 2. The van der Waals surface area contributed by atoms with Crippen LogP contribution in [0.3, 0.4) is 0 Å². The summed E-state index contributed by atoms with van der Waals surface area (Å²) in [5.41, 5.74) is 8.39. The first-order chi connectivity index (χ1) is 13.8. The first kappa shape index (κ1) is 20.0. The number of guanidine groups is 2. The Bertz CT molecular complexity index is 1020. The van der Waals surface area contributed by atoms with E-state index in [1.54, 1.807) is 13.0 Å². The predicted molar refractivity (Wildman–Crippen MR) is 110 cm³/mol. The SMILES string of the molecule is Cc1ccc(NC(=O)CC2N=C(/N=C(\N)Nc3ccccc3C)NC2=O)c(F)c1. The van der Waals surface area contributed by atoms with Crippen LogP contribution in [0.15, 0.2) is 52.4 Å². The van der Waals surface area contributed by atoms with Gasteiger partial charge in [0.2, 0.25) is 17.8 Å². The molecule has 3 rings (SSSR count). The molecule has 5 N–H and O–H groups in total. The van der Waals surface area contributed by atoms with Crippen LogP contribution in [0.5, 0.6) is 0 Å². The predicted octanol–water partition coefficient (Wildman–Crippen LogP) is 2.05. The smallest absolute Gasteiger partial charge is 0.252 e. The van der Waals surface area contributed by atoms with Gasteiger partial charge in [0.1, 0.15) is 11.9 Å². The Morgan fingerprint density at radius 3 is 2.69 bits per heavy atom. The maximum absolute atomic E-state index is 13.9. The van der Waals surface area contributed by atoms with Crippen LogP contribution >= 0.6 is 0 Å². The van der Waals surface area contributed by atoms with E-state index in [9.17, 15) is 14.0 Å². The minimum atomic E-state index is -0.964. The first-order valence-electron chi connectivity index (χ1n) is 8.93. The zero-order chi connectivity index (χ0) is 21.0. The van der Waals surface area contributed by atoms with Crippen LogP contribution in [0.4, 0.5) is 15.8 Å². The van der Waals surface area contributed by atoms with Gasteiger partial charge in [0.15, 0.2) is 0 Å². The van der Waals surface area contributed by atoms with E-state index in [0.717, 1.165) is 16.8 Å². The van der Waals surface area contributed by atoms with E-state index in [-0.39, 0.29) is 24.0 Å². The van der Waals surface area contributed by atoms with Gasteiger partial charge in [-0.15, -0.1) is 0 Å². The summed E-state index contributed by atoms with van der Waals surface area (Å²) in [5.74, 6) is -1.50. The molecule has 2 aromatic rings. The summed E-state index contributed by atoms with van der Waals surface area (Å²) in [6.07, 6.45) is -0.247. The fourth-order valence-electron chi connectivity index (χ4n) is 2.72. The molecule has 1 unspecified atom stereocenters. The molecule has 0 saturated carbocycles. The van der Waals surface area contributed by atoms with E-state index >= 15 is 0 Å². The monoisotopic (exact) mass is 396 g/mol. The van der Waals surface area contributed by atoms with Crippen LogP contribution in [0.25, 0.3) is 0 Å². The summed E-state index contributed by atoms with van der Waals surface area (Å²) in [6.45, 7) is 3.66. The van der Waals surface area contributed by atoms with Crippen molar-refractivity contribution in [3.63, 3.8) is 0 Å². The van der Waals surface area contributed by atoms with Gasteiger partial charge in [-0.05, 0) is 43.2 Å². The van der Waals surface area contributed by atoms with Crippen molar-refractivity contribution in [2.45, 2.75) is 26.3 Å². The van der Waals surface area contributed by atoms with Gasteiger partial charge >= 0.3 is 0 Å². The Morgan fingerprint density at radius 1 is 1.21 bits per heavy atom. The van der Waals surface area contributed by atoms with Gasteiger partial charge in [0, 0.05) is 5.69 Å². The minimum Gasteiger partial charge on any atom is -0.369 e. The number of carbonyl (C=O) groups excluding carboxylic acids is 2. The molecular formula is C20H21FN6O2. The second-order valence-electron chi connectivity index (χ2n) is 6.63. The maximum Gasteiger partial charge on any atom is 0.252 e. The van der Waals surface area contributed by atoms with E-state index < -0.39 is 23.7 Å². The third-order valence-electron chi connectivity index (χ3n) is 4.23. The highest BCUT2D eigenvalue weighted by Crippen LogP contribution is 2.17. The number of hydrogen-bond acceptors (Lipinski definition) is 4. The summed E-state index contributed by atoms with van der Waals surface area (Å²) in [5, 5.41) is 7.84. The average molecular weight is 396 g/mol. The fourth-order valence-corrected chi connectivity index (χ4v) is 2.72. The number of carbonyl (C=O) groups is 2. The van der Waals surface area contributed by atoms with Crippen molar-refractivity contribution in [2.75, 3.05) is 10.6 Å². The molecule has 0 spiro atoms. The molecule has 1 atom stereocenters. The minimum absolute atomic E-state index is 0.00732. The van der Waals surface area contributed by atoms with Gasteiger partial charge in [0.05, 0.1) is 12.1 Å². The maximum atomic E-state index is 13.9. The van der Waals surface area contributed by atoms with E-state index in [2.05, 4.69) is 25.9 Å². The highest BCUT2D eigenvalue weighted by Gasteiger charge is 2.29. The normalized spacial score (nSPS) is 16.2. The number of nitrogens with zero attached hydrogens (tertiary/aromatic N) is 2. The van der Waals surface area contributed by atoms with Crippen LogP contribution in [-0.4, -0.2) is 29.8 Å². The third kappa shape index (κ3) is 5.16. The largest absolute Gasteiger partial charge is 0.369 e. The van der Waals surface area contributed by atoms with Crippen molar-refractivity contribution >= 4 is 35.1 Å². The summed E-state index contributed by atoms with van der Waals surface area (Å²) < 4.78 is 13.9. The van der Waals surface area contributed by atoms with E-state index in [4.69, 9.17) is 5.73 Å². The number of aliphatic imine (C=N–C) groups is 2. The number of rotatable bonds is 4. The number of anilines is 2. The third-order valence-corrected chi connectivity index (χ3v) is 4.23. The number of benzene rings is 2. The quantitative estimate of drug-likeness (QED) is 0.467. The number of hydrogen-bond donors (Lipinski definition) is 4. The van der Waals surface area contributed by atoms with Crippen LogP contribution in [0, 0.1) is 19.7 Å². The average Bonchev–Trinajstić information content (AvgIpc) is 2.98. The molecule has 1 heterocycles. The number of halogens is 1. The van der Waals surface area contributed by atoms with Gasteiger partial charge in [0.25, 0.3) is 5.91 Å². The molecular weight excluding hydrogens is 375 g/mol. The Kier molecular flexibility index (Phi) is 5.87. The molecule has 9 heteroatoms. The molecule has 1 aliphatic rings. The standard InChI is InChI=1S/C20H21FN6O2/c1-11-7-8-15(13(21)9-11)23-17(28)10-16-18(29)26-20(25-16)27-19(22)24-14-6-4-3-5-12(14)2/h3-9,16H,10H2,1-2H3,(H,23,28)(H4,22,24,25,26,27,29). The lowest BCUT2D eigenvalue weighted by Gasteiger charge is -2.08. The van der Waals surface area contributed by atoms with Crippen molar-refractivity contribution < 1.29 is 14.0 Å². The van der Waals surface area contributed by atoms with Gasteiger partial charge in [-0.3, -0.25) is 14.9 Å². The Labute approximate surface area is 167 Å². The molecule has 2 aromatic carbocycles. The second-order valence-corrected chi connectivity index (χ2v) is 6.63. The molecule has 0 fully saturated rings. The fraction of sp³-hybridized carbons (Fsp3) is 0.200. The molecule has 29 heavy (non-hydrogen) atoms.